The molecule has 7 heteroatoms. The van der Waals surface area contributed by atoms with Crippen LogP contribution >= 0.6 is 0 Å². The largest absolute Gasteiger partial charge is 0.618 e. The Bertz CT molecular complexity index is 1170. The summed E-state index contributed by atoms with van der Waals surface area (Å²) in [6.45, 7) is 0. The molecule has 29 heavy (non-hydrogen) atoms. The smallest absolute Gasteiger partial charge is 0.269 e. The molecule has 0 atom stereocenters. The number of nitrogens with zero attached hydrogens (tertiary/aromatic N) is 4. The van der Waals surface area contributed by atoms with Gasteiger partial charge < -0.3 is 5.21 Å². The van der Waals surface area contributed by atoms with Crippen LogP contribution < -0.4 is 0 Å². The molecule has 4 rings (SSSR count). The van der Waals surface area contributed by atoms with Crippen molar-refractivity contribution >= 4 is 17.6 Å². The Hall–Kier alpha value is -4.26. The number of nitro groups is 1. The average molecular weight is 384 g/mol. The van der Waals surface area contributed by atoms with Crippen LogP contribution in [0.3, 0.4) is 0 Å². The van der Waals surface area contributed by atoms with Crippen molar-refractivity contribution in [2.24, 2.45) is 0 Å². The highest BCUT2D eigenvalue weighted by Gasteiger charge is 2.15. The number of aromatic nitrogens is 2. The minimum atomic E-state index is -0.450. The van der Waals surface area contributed by atoms with Crippen LogP contribution in [0, 0.1) is 15.3 Å². The highest BCUT2D eigenvalue weighted by molar-refractivity contribution is 5.87. The second-order valence-corrected chi connectivity index (χ2v) is 6.31. The van der Waals surface area contributed by atoms with Crippen molar-refractivity contribution in [1.29, 1.82) is 0 Å². The van der Waals surface area contributed by atoms with Gasteiger partial charge in [-0.3, -0.25) is 10.1 Å². The molecule has 0 aliphatic heterocycles. The molecular formula is C22H16N4O3. The Morgan fingerprint density at radius 1 is 0.793 bits per heavy atom. The number of rotatable bonds is 5. The van der Waals surface area contributed by atoms with Gasteiger partial charge in [0, 0.05) is 36.0 Å². The topological polar surface area (TPSA) is 87.0 Å². The van der Waals surface area contributed by atoms with E-state index in [1.807, 2.05) is 36.4 Å². The summed E-state index contributed by atoms with van der Waals surface area (Å²) in [7, 11) is 0. The van der Waals surface area contributed by atoms with Crippen LogP contribution in [0.25, 0.3) is 16.9 Å². The summed E-state index contributed by atoms with van der Waals surface area (Å²) in [4.78, 5) is 10.5. The zero-order valence-electron chi connectivity index (χ0n) is 15.3. The van der Waals surface area contributed by atoms with E-state index in [0.29, 0.717) is 22.5 Å². The number of para-hydroxylation sites is 2. The maximum absolute atomic E-state index is 12.6. The van der Waals surface area contributed by atoms with Gasteiger partial charge in [-0.2, -0.15) is 9.84 Å². The first-order valence-corrected chi connectivity index (χ1v) is 8.88. The van der Waals surface area contributed by atoms with E-state index in [1.165, 1.54) is 18.3 Å². The van der Waals surface area contributed by atoms with Crippen molar-refractivity contribution in [2.75, 3.05) is 0 Å². The van der Waals surface area contributed by atoms with Crippen molar-refractivity contribution in [1.82, 2.24) is 9.78 Å². The van der Waals surface area contributed by atoms with Gasteiger partial charge in [-0.1, -0.05) is 36.4 Å². The van der Waals surface area contributed by atoms with Crippen LogP contribution in [-0.4, -0.2) is 25.7 Å². The van der Waals surface area contributed by atoms with Gasteiger partial charge in [0.1, 0.15) is 5.69 Å². The molecule has 1 aromatic heterocycles. The highest BCUT2D eigenvalue weighted by atomic mass is 16.6. The van der Waals surface area contributed by atoms with E-state index in [4.69, 9.17) is 0 Å². The third-order valence-corrected chi connectivity index (χ3v) is 4.38. The van der Waals surface area contributed by atoms with Crippen LogP contribution in [0.5, 0.6) is 0 Å². The zero-order valence-corrected chi connectivity index (χ0v) is 15.3. The molecule has 0 bridgehead atoms. The molecular weight excluding hydrogens is 368 g/mol. The lowest BCUT2D eigenvalue weighted by atomic mass is 10.1. The number of hydrogen-bond donors (Lipinski definition) is 0. The van der Waals surface area contributed by atoms with Gasteiger partial charge >= 0.3 is 0 Å². The first-order chi connectivity index (χ1) is 14.1. The van der Waals surface area contributed by atoms with E-state index in [1.54, 1.807) is 47.3 Å². The lowest BCUT2D eigenvalue weighted by Gasteiger charge is -2.02. The van der Waals surface area contributed by atoms with Gasteiger partial charge in [0.2, 0.25) is 5.69 Å². The normalized spacial score (nSPS) is 11.4. The molecule has 0 unspecified atom stereocenters. The zero-order chi connectivity index (χ0) is 20.2. The fraction of sp³-hybridized carbons (Fsp3) is 0. The Labute approximate surface area is 166 Å². The molecule has 0 spiro atoms. The highest BCUT2D eigenvalue weighted by Crippen LogP contribution is 2.25. The van der Waals surface area contributed by atoms with Gasteiger partial charge in [-0.15, -0.1) is 0 Å². The van der Waals surface area contributed by atoms with Gasteiger partial charge in [0.05, 0.1) is 16.2 Å². The molecule has 4 aromatic rings. The van der Waals surface area contributed by atoms with E-state index in [0.717, 1.165) is 10.4 Å². The molecule has 3 aromatic carbocycles. The summed E-state index contributed by atoms with van der Waals surface area (Å²) in [5, 5.41) is 28.2. The van der Waals surface area contributed by atoms with Gasteiger partial charge in [0.25, 0.3) is 5.69 Å². The van der Waals surface area contributed by atoms with Crippen LogP contribution in [0.4, 0.5) is 11.4 Å². The second kappa shape index (κ2) is 7.77. The third kappa shape index (κ3) is 3.89. The third-order valence-electron chi connectivity index (χ3n) is 4.38. The summed E-state index contributed by atoms with van der Waals surface area (Å²) in [5.74, 6) is 0. The van der Waals surface area contributed by atoms with Crippen molar-refractivity contribution in [2.45, 2.75) is 0 Å². The fourth-order valence-corrected chi connectivity index (χ4v) is 2.94. The molecule has 142 valence electrons. The van der Waals surface area contributed by atoms with E-state index in [9.17, 15) is 15.3 Å². The standard InChI is InChI=1S/C22H16N4O3/c27-25(20-9-5-2-6-10-20)16-18-15-24(19-7-3-1-4-8-19)23-22(18)17-11-13-21(14-12-17)26(28)29/h1-16H/b25-16-. The number of benzene rings is 3. The monoisotopic (exact) mass is 384 g/mol. The molecule has 0 saturated heterocycles. The van der Waals surface area contributed by atoms with E-state index >= 15 is 0 Å². The van der Waals surface area contributed by atoms with Crippen LogP contribution in [-0.2, 0) is 0 Å². The average Bonchev–Trinajstić information content (AvgIpc) is 3.19. The van der Waals surface area contributed by atoms with E-state index < -0.39 is 4.92 Å². The van der Waals surface area contributed by atoms with Gasteiger partial charge in [-0.05, 0) is 24.3 Å². The van der Waals surface area contributed by atoms with Crippen molar-refractivity contribution in [3.63, 3.8) is 0 Å². The predicted molar refractivity (Wildman–Crippen MR) is 111 cm³/mol. The Morgan fingerprint density at radius 3 is 2.03 bits per heavy atom. The Kier molecular flexibility index (Phi) is 4.86. The Balaban J connectivity index is 1.82. The fourth-order valence-electron chi connectivity index (χ4n) is 2.94. The maximum atomic E-state index is 12.6. The summed E-state index contributed by atoms with van der Waals surface area (Å²) in [6, 6.07) is 24.5. The summed E-state index contributed by atoms with van der Waals surface area (Å²) < 4.78 is 2.46. The Morgan fingerprint density at radius 2 is 1.41 bits per heavy atom. The molecule has 0 aliphatic carbocycles. The molecule has 0 saturated carbocycles. The molecule has 7 nitrogen and oxygen atoms in total. The minimum absolute atomic E-state index is 0.00323. The quantitative estimate of drug-likeness (QED) is 0.164. The second-order valence-electron chi connectivity index (χ2n) is 6.31. The number of nitro benzene ring substituents is 1. The first-order valence-electron chi connectivity index (χ1n) is 8.88. The molecule has 1 heterocycles. The number of non-ortho nitro benzene ring substituents is 1. The van der Waals surface area contributed by atoms with E-state index in [2.05, 4.69) is 5.10 Å². The maximum Gasteiger partial charge on any atom is 0.269 e. The van der Waals surface area contributed by atoms with Crippen molar-refractivity contribution < 1.29 is 9.66 Å². The van der Waals surface area contributed by atoms with Crippen LogP contribution in [0.15, 0.2) is 91.1 Å². The van der Waals surface area contributed by atoms with Gasteiger partial charge in [-0.25, -0.2) is 4.68 Å². The molecule has 0 radical (unpaired) electrons. The van der Waals surface area contributed by atoms with Crippen LogP contribution in [0.1, 0.15) is 5.56 Å². The van der Waals surface area contributed by atoms with Crippen molar-refractivity contribution in [3.8, 4) is 16.9 Å². The molecule has 0 aliphatic rings. The summed E-state index contributed by atoms with van der Waals surface area (Å²) in [5.41, 5.74) is 3.17. The first kappa shape index (κ1) is 18.1. The molecule has 0 amide bonds. The lowest BCUT2D eigenvalue weighted by Crippen LogP contribution is -1.99. The predicted octanol–water partition coefficient (Wildman–Crippen LogP) is 4.71. The lowest BCUT2D eigenvalue weighted by molar-refractivity contribution is -0.384. The van der Waals surface area contributed by atoms with Crippen molar-refractivity contribution in [3.05, 3.63) is 112 Å². The molecule has 0 fully saturated rings. The van der Waals surface area contributed by atoms with Crippen LogP contribution in [0.2, 0.25) is 0 Å². The SMILES string of the molecule is O=[N+]([O-])c1ccc(-c2nn(-c3ccccc3)cc2/C=[N+](\[O-])c2ccccc2)cc1. The van der Waals surface area contributed by atoms with E-state index in [-0.39, 0.29) is 5.69 Å². The number of hydrogen-bond acceptors (Lipinski definition) is 4. The summed E-state index contributed by atoms with van der Waals surface area (Å²) >= 11 is 0. The van der Waals surface area contributed by atoms with Gasteiger partial charge in [0.15, 0.2) is 6.21 Å². The molecule has 0 N–H and O–H groups in total. The minimum Gasteiger partial charge on any atom is -0.618 e. The summed E-state index contributed by atoms with van der Waals surface area (Å²) in [6.07, 6.45) is 3.22.